The van der Waals surface area contributed by atoms with E-state index in [1.807, 2.05) is 0 Å². The minimum Gasteiger partial charge on any atom is -0.244 e. The van der Waals surface area contributed by atoms with Gasteiger partial charge in [-0.25, -0.2) is 9.97 Å². The van der Waals surface area contributed by atoms with E-state index in [-0.39, 0.29) is 0 Å². The topological polar surface area (TPSA) is 25.8 Å². The van der Waals surface area contributed by atoms with Crippen LogP contribution in [-0.2, 0) is 0 Å². The molecule has 0 aromatic carbocycles. The van der Waals surface area contributed by atoms with Crippen molar-refractivity contribution in [2.24, 2.45) is 0 Å². The lowest BCUT2D eigenvalue weighted by molar-refractivity contribution is 1.31. The smallest absolute Gasteiger partial charge is 0.138 e. The van der Waals surface area contributed by atoms with Crippen LogP contribution < -0.4 is 0 Å². The molecular weight excluding hydrogens is 322 g/mol. The van der Waals surface area contributed by atoms with Gasteiger partial charge in [0.2, 0.25) is 0 Å². The minimum absolute atomic E-state index is 0.458. The largest absolute Gasteiger partial charge is 0.244 e. The van der Waals surface area contributed by atoms with Crippen LogP contribution in [0.3, 0.4) is 0 Å². The molecule has 0 unspecified atom stereocenters. The van der Waals surface area contributed by atoms with Crippen LogP contribution in [0.25, 0.3) is 10.8 Å². The van der Waals surface area contributed by atoms with Crippen molar-refractivity contribution in [3.05, 3.63) is 32.3 Å². The second kappa shape index (κ2) is 3.55. The molecule has 5 heteroatoms. The Kier molecular flexibility index (Phi) is 2.58. The third-order valence-corrected chi connectivity index (χ3v) is 3.01. The lowest BCUT2D eigenvalue weighted by Gasteiger charge is -2.01. The molecule has 0 aliphatic heterocycles. The van der Waals surface area contributed by atoms with Gasteiger partial charge < -0.3 is 0 Å². The molecule has 0 bridgehead atoms. The van der Waals surface area contributed by atoms with Gasteiger partial charge in [0, 0.05) is 26.7 Å². The van der Waals surface area contributed by atoms with Crippen LogP contribution in [0.4, 0.5) is 0 Å². The van der Waals surface area contributed by atoms with Crippen LogP contribution in [0, 0.1) is 3.57 Å². The molecule has 2 aromatic heterocycles. The number of pyridine rings is 2. The molecule has 0 fully saturated rings. The zero-order valence-corrected chi connectivity index (χ0v) is 9.93. The van der Waals surface area contributed by atoms with Crippen molar-refractivity contribution >= 4 is 56.6 Å². The van der Waals surface area contributed by atoms with Gasteiger partial charge in [-0.3, -0.25) is 0 Å². The van der Waals surface area contributed by atoms with Crippen molar-refractivity contribution in [1.82, 2.24) is 9.97 Å². The van der Waals surface area contributed by atoms with Gasteiger partial charge >= 0.3 is 0 Å². The number of hydrogen-bond donors (Lipinski definition) is 0. The molecule has 66 valence electrons. The zero-order chi connectivity index (χ0) is 9.42. The Labute approximate surface area is 98.4 Å². The molecule has 0 N–H and O–H groups in total. The Morgan fingerprint density at radius 1 is 1.08 bits per heavy atom. The number of nitrogens with zero attached hydrogens (tertiary/aromatic N) is 2. The van der Waals surface area contributed by atoms with Crippen LogP contribution in [0.2, 0.25) is 10.3 Å². The molecule has 0 aliphatic rings. The highest BCUT2D eigenvalue weighted by Crippen LogP contribution is 2.26. The van der Waals surface area contributed by atoms with Gasteiger partial charge in [0.25, 0.3) is 0 Å². The van der Waals surface area contributed by atoms with Crippen LogP contribution in [-0.4, -0.2) is 9.97 Å². The monoisotopic (exact) mass is 324 g/mol. The number of hydrogen-bond acceptors (Lipinski definition) is 2. The predicted octanol–water partition coefficient (Wildman–Crippen LogP) is 3.54. The summed E-state index contributed by atoms with van der Waals surface area (Å²) in [6.45, 7) is 0. The Bertz CT molecular complexity index is 473. The van der Waals surface area contributed by atoms with Gasteiger partial charge in [-0.15, -0.1) is 0 Å². The van der Waals surface area contributed by atoms with Crippen molar-refractivity contribution in [2.75, 3.05) is 0 Å². The average molecular weight is 325 g/mol. The second-order valence-corrected chi connectivity index (χ2v) is 4.36. The highest BCUT2D eigenvalue weighted by Gasteiger charge is 2.04. The van der Waals surface area contributed by atoms with E-state index >= 15 is 0 Å². The standard InChI is InChI=1S/C8H3Cl2IN2/c9-7-1-4-5(2-12-7)8(10)13-3-6(4)11/h1-3H. The van der Waals surface area contributed by atoms with E-state index in [0.717, 1.165) is 14.3 Å². The quantitative estimate of drug-likeness (QED) is 0.547. The summed E-state index contributed by atoms with van der Waals surface area (Å²) in [5.74, 6) is 0. The molecule has 0 radical (unpaired) electrons. The minimum atomic E-state index is 0.458. The van der Waals surface area contributed by atoms with E-state index in [1.54, 1.807) is 18.5 Å². The van der Waals surface area contributed by atoms with Gasteiger partial charge in [-0.1, -0.05) is 23.2 Å². The maximum Gasteiger partial charge on any atom is 0.138 e. The maximum absolute atomic E-state index is 5.88. The summed E-state index contributed by atoms with van der Waals surface area (Å²) in [7, 11) is 0. The summed E-state index contributed by atoms with van der Waals surface area (Å²) in [6.07, 6.45) is 3.34. The van der Waals surface area contributed by atoms with Crippen LogP contribution >= 0.6 is 45.8 Å². The molecule has 0 amide bonds. The maximum atomic E-state index is 5.88. The third kappa shape index (κ3) is 1.73. The first-order valence-corrected chi connectivity index (χ1v) is 5.27. The van der Waals surface area contributed by atoms with Gasteiger partial charge in [0.05, 0.1) is 0 Å². The van der Waals surface area contributed by atoms with E-state index in [1.165, 1.54) is 0 Å². The van der Waals surface area contributed by atoms with E-state index in [9.17, 15) is 0 Å². The molecule has 2 aromatic rings. The Morgan fingerprint density at radius 2 is 1.85 bits per heavy atom. The van der Waals surface area contributed by atoms with Gasteiger partial charge in [-0.05, 0) is 28.7 Å². The highest BCUT2D eigenvalue weighted by molar-refractivity contribution is 14.1. The van der Waals surface area contributed by atoms with Crippen molar-refractivity contribution < 1.29 is 0 Å². The van der Waals surface area contributed by atoms with Crippen LogP contribution in [0.1, 0.15) is 0 Å². The Morgan fingerprint density at radius 3 is 2.62 bits per heavy atom. The number of rotatable bonds is 0. The summed E-state index contributed by atoms with van der Waals surface area (Å²) in [5.41, 5.74) is 0. The Balaban J connectivity index is 2.92. The first-order valence-electron chi connectivity index (χ1n) is 3.44. The van der Waals surface area contributed by atoms with Gasteiger partial charge in [-0.2, -0.15) is 0 Å². The molecule has 2 heterocycles. The van der Waals surface area contributed by atoms with E-state index in [2.05, 4.69) is 32.6 Å². The summed E-state index contributed by atoms with van der Waals surface area (Å²) in [5, 5.41) is 2.74. The number of fused-ring (bicyclic) bond motifs is 1. The Hall–Kier alpha value is -0.130. The van der Waals surface area contributed by atoms with Crippen LogP contribution in [0.15, 0.2) is 18.5 Å². The number of halogens is 3. The first kappa shape index (κ1) is 9.43. The molecule has 0 spiro atoms. The van der Waals surface area contributed by atoms with Crippen molar-refractivity contribution in [1.29, 1.82) is 0 Å². The van der Waals surface area contributed by atoms with E-state index < -0.39 is 0 Å². The fourth-order valence-electron chi connectivity index (χ4n) is 1.04. The fraction of sp³-hybridized carbons (Fsp3) is 0. The summed E-state index contributed by atoms with van der Waals surface area (Å²) < 4.78 is 1.02. The summed E-state index contributed by atoms with van der Waals surface area (Å²) >= 11 is 13.8. The molecule has 0 atom stereocenters. The lowest BCUT2D eigenvalue weighted by Crippen LogP contribution is -1.85. The van der Waals surface area contributed by atoms with Crippen molar-refractivity contribution in [3.8, 4) is 0 Å². The average Bonchev–Trinajstić information content (AvgIpc) is 2.12. The van der Waals surface area contributed by atoms with E-state index in [4.69, 9.17) is 23.2 Å². The SMILES string of the molecule is Clc1cc2c(I)cnc(Cl)c2cn1. The van der Waals surface area contributed by atoms with Crippen molar-refractivity contribution in [2.45, 2.75) is 0 Å². The number of aromatic nitrogens is 2. The molecule has 13 heavy (non-hydrogen) atoms. The fourth-order valence-corrected chi connectivity index (χ4v) is 1.99. The molecule has 2 nitrogen and oxygen atoms in total. The first-order chi connectivity index (χ1) is 6.18. The lowest BCUT2D eigenvalue weighted by atomic mass is 10.2. The molecule has 2 rings (SSSR count). The molecule has 0 saturated heterocycles. The molecular formula is C8H3Cl2IN2. The molecule has 0 saturated carbocycles. The van der Waals surface area contributed by atoms with Crippen LogP contribution in [0.5, 0.6) is 0 Å². The van der Waals surface area contributed by atoms with E-state index in [0.29, 0.717) is 10.3 Å². The van der Waals surface area contributed by atoms with Gasteiger partial charge in [0.1, 0.15) is 10.3 Å². The summed E-state index contributed by atoms with van der Waals surface area (Å²) in [4.78, 5) is 7.96. The molecule has 0 aliphatic carbocycles. The predicted molar refractivity (Wildman–Crippen MR) is 62.3 cm³/mol. The third-order valence-electron chi connectivity index (χ3n) is 1.64. The van der Waals surface area contributed by atoms with Gasteiger partial charge in [0.15, 0.2) is 0 Å². The zero-order valence-electron chi connectivity index (χ0n) is 6.26. The second-order valence-electron chi connectivity index (χ2n) is 2.45. The van der Waals surface area contributed by atoms with Crippen molar-refractivity contribution in [3.63, 3.8) is 0 Å². The highest BCUT2D eigenvalue weighted by atomic mass is 127. The summed E-state index contributed by atoms with van der Waals surface area (Å²) in [6, 6.07) is 1.78. The normalized spacial score (nSPS) is 10.7.